The molecular weight excluding hydrogens is 264 g/mol. The Balaban J connectivity index is 3.19. The highest BCUT2D eigenvalue weighted by Crippen LogP contribution is 2.19. The summed E-state index contributed by atoms with van der Waals surface area (Å²) in [6.45, 7) is 1.16. The zero-order chi connectivity index (χ0) is 12.9. The van der Waals surface area contributed by atoms with E-state index >= 15 is 0 Å². The molecule has 0 aliphatic rings. The molecule has 0 atom stereocenters. The standard InChI is InChI=1S/C9H16N2O4S2/c12-7-10-3-5-16-17-6-4-11-8(13)1-2-9(14)15/h7H,1-6H2,(H,10,12)(H,11,13)(H,14,15). The van der Waals surface area contributed by atoms with Gasteiger partial charge in [-0.2, -0.15) is 0 Å². The topological polar surface area (TPSA) is 95.5 Å². The van der Waals surface area contributed by atoms with Crippen molar-refractivity contribution in [1.29, 1.82) is 0 Å². The lowest BCUT2D eigenvalue weighted by molar-refractivity contribution is -0.138. The van der Waals surface area contributed by atoms with Crippen molar-refractivity contribution >= 4 is 39.9 Å². The summed E-state index contributed by atoms with van der Waals surface area (Å²) in [5, 5.41) is 13.5. The van der Waals surface area contributed by atoms with Crippen LogP contribution in [0.5, 0.6) is 0 Å². The third-order valence-corrected chi connectivity index (χ3v) is 3.98. The molecule has 3 N–H and O–H groups in total. The number of hydrogen-bond acceptors (Lipinski definition) is 5. The van der Waals surface area contributed by atoms with Gasteiger partial charge >= 0.3 is 5.97 Å². The van der Waals surface area contributed by atoms with Gasteiger partial charge in [0.05, 0.1) is 6.42 Å². The molecule has 0 saturated carbocycles. The lowest BCUT2D eigenvalue weighted by Crippen LogP contribution is -2.25. The minimum atomic E-state index is -0.965. The van der Waals surface area contributed by atoms with Crippen LogP contribution in [-0.4, -0.2) is 48.0 Å². The van der Waals surface area contributed by atoms with Gasteiger partial charge in [-0.25, -0.2) is 0 Å². The molecule has 0 unspecified atom stereocenters. The Morgan fingerprint density at radius 3 is 2.35 bits per heavy atom. The third kappa shape index (κ3) is 13.0. The van der Waals surface area contributed by atoms with Crippen LogP contribution < -0.4 is 10.6 Å². The normalized spacial score (nSPS) is 9.65. The second-order valence-corrected chi connectivity index (χ2v) is 5.66. The molecule has 6 nitrogen and oxygen atoms in total. The van der Waals surface area contributed by atoms with Gasteiger partial charge in [-0.15, -0.1) is 0 Å². The van der Waals surface area contributed by atoms with Crippen molar-refractivity contribution < 1.29 is 19.5 Å². The van der Waals surface area contributed by atoms with Crippen LogP contribution in [0.15, 0.2) is 0 Å². The Morgan fingerprint density at radius 1 is 1.12 bits per heavy atom. The van der Waals surface area contributed by atoms with Crippen LogP contribution in [0, 0.1) is 0 Å². The molecule has 0 saturated heterocycles. The zero-order valence-electron chi connectivity index (χ0n) is 9.31. The van der Waals surface area contributed by atoms with E-state index in [0.29, 0.717) is 19.5 Å². The highest BCUT2D eigenvalue weighted by molar-refractivity contribution is 8.76. The van der Waals surface area contributed by atoms with Crippen LogP contribution in [0.2, 0.25) is 0 Å². The smallest absolute Gasteiger partial charge is 0.303 e. The molecule has 0 aromatic heterocycles. The Morgan fingerprint density at radius 2 is 1.76 bits per heavy atom. The van der Waals surface area contributed by atoms with Crippen LogP contribution in [0.4, 0.5) is 0 Å². The van der Waals surface area contributed by atoms with Crippen molar-refractivity contribution in [3.05, 3.63) is 0 Å². The van der Waals surface area contributed by atoms with Crippen molar-refractivity contribution in [3.8, 4) is 0 Å². The summed E-state index contributed by atoms with van der Waals surface area (Å²) in [6, 6.07) is 0. The Labute approximate surface area is 108 Å². The summed E-state index contributed by atoms with van der Waals surface area (Å²) in [6.07, 6.45) is 0.551. The first-order valence-electron chi connectivity index (χ1n) is 5.06. The lowest BCUT2D eigenvalue weighted by Gasteiger charge is -2.03. The summed E-state index contributed by atoms with van der Waals surface area (Å²) >= 11 is 0. The maximum atomic E-state index is 11.1. The van der Waals surface area contributed by atoms with Crippen molar-refractivity contribution in [2.45, 2.75) is 12.8 Å². The van der Waals surface area contributed by atoms with E-state index in [2.05, 4.69) is 10.6 Å². The lowest BCUT2D eigenvalue weighted by atomic mass is 10.3. The van der Waals surface area contributed by atoms with Crippen LogP contribution in [-0.2, 0) is 14.4 Å². The number of amides is 2. The minimum Gasteiger partial charge on any atom is -0.481 e. The predicted octanol–water partition coefficient (Wildman–Crippen LogP) is 0.0948. The molecular formula is C9H16N2O4S2. The van der Waals surface area contributed by atoms with Gasteiger partial charge in [-0.1, -0.05) is 21.6 Å². The van der Waals surface area contributed by atoms with Gasteiger partial charge in [0.15, 0.2) is 0 Å². The van der Waals surface area contributed by atoms with Gasteiger partial charge in [0.25, 0.3) is 0 Å². The number of carboxylic acids is 1. The summed E-state index contributed by atoms with van der Waals surface area (Å²) in [5.41, 5.74) is 0. The van der Waals surface area contributed by atoms with E-state index in [1.165, 1.54) is 0 Å². The van der Waals surface area contributed by atoms with Crippen LogP contribution in [0.25, 0.3) is 0 Å². The molecule has 98 valence electrons. The van der Waals surface area contributed by atoms with Gasteiger partial charge in [0.2, 0.25) is 12.3 Å². The van der Waals surface area contributed by atoms with Gasteiger partial charge < -0.3 is 15.7 Å². The van der Waals surface area contributed by atoms with Crippen molar-refractivity contribution in [3.63, 3.8) is 0 Å². The third-order valence-electron chi connectivity index (χ3n) is 1.57. The van der Waals surface area contributed by atoms with Crippen LogP contribution in [0.1, 0.15) is 12.8 Å². The monoisotopic (exact) mass is 280 g/mol. The van der Waals surface area contributed by atoms with Gasteiger partial charge in [-0.3, -0.25) is 14.4 Å². The molecule has 2 amide bonds. The fourth-order valence-electron chi connectivity index (χ4n) is 0.818. The molecule has 0 aliphatic heterocycles. The quantitative estimate of drug-likeness (QED) is 0.282. The first-order valence-corrected chi connectivity index (χ1v) is 7.55. The molecule has 17 heavy (non-hydrogen) atoms. The Kier molecular flexibility index (Phi) is 11.0. The average Bonchev–Trinajstić information content (AvgIpc) is 2.30. The summed E-state index contributed by atoms with van der Waals surface area (Å²) < 4.78 is 0. The maximum absolute atomic E-state index is 11.1. The Bertz CT molecular complexity index is 251. The largest absolute Gasteiger partial charge is 0.481 e. The zero-order valence-corrected chi connectivity index (χ0v) is 10.9. The molecule has 0 radical (unpaired) electrons. The number of aliphatic carboxylic acids is 1. The SMILES string of the molecule is O=CNCCSSCCNC(=O)CCC(=O)O. The van der Waals surface area contributed by atoms with Crippen LogP contribution in [0.3, 0.4) is 0 Å². The van der Waals surface area contributed by atoms with E-state index in [9.17, 15) is 14.4 Å². The molecule has 0 bridgehead atoms. The summed E-state index contributed by atoms with van der Waals surface area (Å²) in [5.74, 6) is 0.370. The van der Waals surface area contributed by atoms with Gasteiger partial charge in [0.1, 0.15) is 0 Å². The maximum Gasteiger partial charge on any atom is 0.303 e. The number of carboxylic acid groups (broad SMARTS) is 1. The second kappa shape index (κ2) is 11.6. The highest BCUT2D eigenvalue weighted by Gasteiger charge is 2.03. The number of hydrogen-bond donors (Lipinski definition) is 3. The second-order valence-electron chi connectivity index (χ2n) is 2.96. The minimum absolute atomic E-state index is 0.0242. The molecule has 0 spiro atoms. The first kappa shape index (κ1) is 16.1. The van der Waals surface area contributed by atoms with Crippen LogP contribution >= 0.6 is 21.6 Å². The van der Waals surface area contributed by atoms with E-state index in [1.807, 2.05) is 0 Å². The molecule has 0 aromatic carbocycles. The van der Waals surface area contributed by atoms with Gasteiger partial charge in [-0.05, 0) is 0 Å². The predicted molar refractivity (Wildman–Crippen MR) is 68.9 cm³/mol. The summed E-state index contributed by atoms with van der Waals surface area (Å²) in [4.78, 5) is 31.2. The fraction of sp³-hybridized carbons (Fsp3) is 0.667. The molecule has 0 aliphatic carbocycles. The van der Waals surface area contributed by atoms with Crippen molar-refractivity contribution in [2.75, 3.05) is 24.6 Å². The van der Waals surface area contributed by atoms with E-state index in [1.54, 1.807) is 21.6 Å². The number of carbonyl (C=O) groups excluding carboxylic acids is 2. The Hall–Kier alpha value is -0.890. The van der Waals surface area contributed by atoms with Crippen molar-refractivity contribution in [2.24, 2.45) is 0 Å². The van der Waals surface area contributed by atoms with E-state index in [4.69, 9.17) is 5.11 Å². The number of nitrogens with one attached hydrogen (secondary N) is 2. The molecule has 0 fully saturated rings. The average molecular weight is 280 g/mol. The first-order chi connectivity index (χ1) is 8.16. The highest BCUT2D eigenvalue weighted by atomic mass is 33.1. The fourth-order valence-corrected chi connectivity index (χ4v) is 2.65. The van der Waals surface area contributed by atoms with E-state index < -0.39 is 5.97 Å². The van der Waals surface area contributed by atoms with Gasteiger partial charge in [0, 0.05) is 31.0 Å². The van der Waals surface area contributed by atoms with E-state index in [-0.39, 0.29) is 18.7 Å². The number of rotatable bonds is 11. The molecule has 0 rings (SSSR count). The number of carbonyl (C=O) groups is 3. The molecule has 0 aromatic rings. The van der Waals surface area contributed by atoms with E-state index in [0.717, 1.165) is 11.5 Å². The summed E-state index contributed by atoms with van der Waals surface area (Å²) in [7, 11) is 3.21. The molecule has 0 heterocycles. The molecule has 8 heteroatoms. The van der Waals surface area contributed by atoms with Crippen molar-refractivity contribution in [1.82, 2.24) is 10.6 Å².